The second kappa shape index (κ2) is 9.02. The lowest BCUT2D eigenvalue weighted by atomic mass is 10.1. The predicted molar refractivity (Wildman–Crippen MR) is 133 cm³/mol. The first kappa shape index (κ1) is 22.8. The number of urea groups is 1. The first-order valence-electron chi connectivity index (χ1n) is 10.5. The summed E-state index contributed by atoms with van der Waals surface area (Å²) in [5.41, 5.74) is 2.34. The topological polar surface area (TPSA) is 71.4 Å². The number of carbonyl (C=O) groups excluding carboxylic acids is 3. The minimum Gasteiger partial charge on any atom is -0.342 e. The van der Waals surface area contributed by atoms with Gasteiger partial charge in [0.1, 0.15) is 11.4 Å². The Morgan fingerprint density at radius 2 is 1.66 bits per heavy atom. The van der Waals surface area contributed by atoms with Crippen molar-refractivity contribution in [3.63, 3.8) is 0 Å². The van der Waals surface area contributed by atoms with E-state index in [-0.39, 0.29) is 11.3 Å². The number of amides is 4. The SMILES string of the molecule is O=C1NC(=O)N(c2ccc(F)cc2)C(=O)C1=Cc1cn(Cc2ccc(Cl)c(Cl)c2)c2ccccc12. The van der Waals surface area contributed by atoms with E-state index in [4.69, 9.17) is 23.2 Å². The van der Waals surface area contributed by atoms with E-state index in [0.29, 0.717) is 22.2 Å². The van der Waals surface area contributed by atoms with Crippen molar-refractivity contribution >= 4 is 63.7 Å². The molecule has 0 spiro atoms. The second-order valence-corrected chi connectivity index (χ2v) is 8.73. The summed E-state index contributed by atoms with van der Waals surface area (Å²) in [6.07, 6.45) is 3.27. The Morgan fingerprint density at radius 1 is 0.914 bits per heavy atom. The minimum absolute atomic E-state index is 0.148. The largest absolute Gasteiger partial charge is 0.342 e. The van der Waals surface area contributed by atoms with Crippen molar-refractivity contribution < 1.29 is 18.8 Å². The highest BCUT2D eigenvalue weighted by Gasteiger charge is 2.37. The zero-order valence-electron chi connectivity index (χ0n) is 18.0. The highest BCUT2D eigenvalue weighted by atomic mass is 35.5. The normalized spacial score (nSPS) is 15.2. The lowest BCUT2D eigenvalue weighted by Crippen LogP contribution is -2.54. The molecular formula is C26H16Cl2FN3O3. The molecule has 1 N–H and O–H groups in total. The number of hydrogen-bond donors (Lipinski definition) is 1. The maximum atomic E-state index is 13.3. The van der Waals surface area contributed by atoms with E-state index < -0.39 is 23.7 Å². The smallest absolute Gasteiger partial charge is 0.335 e. The third-order valence-corrected chi connectivity index (χ3v) is 6.38. The molecule has 0 aliphatic carbocycles. The van der Waals surface area contributed by atoms with Gasteiger partial charge in [-0.2, -0.15) is 0 Å². The summed E-state index contributed by atoms with van der Waals surface area (Å²) in [7, 11) is 0. The lowest BCUT2D eigenvalue weighted by Gasteiger charge is -2.26. The molecule has 0 atom stereocenters. The van der Waals surface area contributed by atoms with Crippen molar-refractivity contribution in [3.05, 3.63) is 105 Å². The molecule has 9 heteroatoms. The number of imide groups is 2. The van der Waals surface area contributed by atoms with Crippen molar-refractivity contribution in [2.24, 2.45) is 0 Å². The maximum absolute atomic E-state index is 13.3. The van der Waals surface area contributed by atoms with E-state index in [1.54, 1.807) is 12.1 Å². The number of para-hydroxylation sites is 1. The predicted octanol–water partition coefficient (Wildman–Crippen LogP) is 5.80. The number of benzene rings is 3. The average molecular weight is 508 g/mol. The standard InChI is InChI=1S/C26H16Cl2FN3O3/c27-21-10-5-15(11-22(21)28)13-31-14-16(19-3-1-2-4-23(19)31)12-20-24(33)30-26(35)32(25(20)34)18-8-6-17(29)7-9-18/h1-12,14H,13H2,(H,30,33,35). The second-order valence-electron chi connectivity index (χ2n) is 7.91. The van der Waals surface area contributed by atoms with E-state index in [1.807, 2.05) is 41.1 Å². The van der Waals surface area contributed by atoms with Gasteiger partial charge in [0.2, 0.25) is 0 Å². The zero-order chi connectivity index (χ0) is 24.7. The molecule has 0 bridgehead atoms. The Morgan fingerprint density at radius 3 is 2.40 bits per heavy atom. The minimum atomic E-state index is -0.897. The van der Waals surface area contributed by atoms with Gasteiger partial charge < -0.3 is 4.57 Å². The van der Waals surface area contributed by atoms with Crippen LogP contribution in [-0.2, 0) is 16.1 Å². The van der Waals surface area contributed by atoms with Gasteiger partial charge in [-0.3, -0.25) is 14.9 Å². The number of rotatable bonds is 4. The van der Waals surface area contributed by atoms with Gasteiger partial charge in [-0.05, 0) is 54.1 Å². The van der Waals surface area contributed by atoms with Crippen LogP contribution in [0.3, 0.4) is 0 Å². The summed E-state index contributed by atoms with van der Waals surface area (Å²) in [4.78, 5) is 39.0. The third kappa shape index (κ3) is 4.32. The molecule has 1 saturated heterocycles. The fourth-order valence-electron chi connectivity index (χ4n) is 3.99. The number of anilines is 1. The van der Waals surface area contributed by atoms with Crippen LogP contribution in [0.15, 0.2) is 78.5 Å². The summed E-state index contributed by atoms with van der Waals surface area (Å²) in [5, 5.41) is 3.89. The molecule has 35 heavy (non-hydrogen) atoms. The molecule has 6 nitrogen and oxygen atoms in total. The number of nitrogens with zero attached hydrogens (tertiary/aromatic N) is 2. The van der Waals surface area contributed by atoms with Crippen LogP contribution in [-0.4, -0.2) is 22.4 Å². The number of aromatic nitrogens is 1. The fourth-order valence-corrected chi connectivity index (χ4v) is 4.31. The highest BCUT2D eigenvalue weighted by molar-refractivity contribution is 6.42. The van der Waals surface area contributed by atoms with Crippen molar-refractivity contribution in [1.82, 2.24) is 9.88 Å². The van der Waals surface area contributed by atoms with Crippen LogP contribution in [0.5, 0.6) is 0 Å². The van der Waals surface area contributed by atoms with E-state index in [2.05, 4.69) is 5.32 Å². The Hall–Kier alpha value is -3.94. The first-order chi connectivity index (χ1) is 16.8. The molecule has 0 unspecified atom stereocenters. The molecule has 0 saturated carbocycles. The highest BCUT2D eigenvalue weighted by Crippen LogP contribution is 2.28. The molecule has 3 aromatic carbocycles. The van der Waals surface area contributed by atoms with Crippen LogP contribution in [0, 0.1) is 5.82 Å². The molecule has 2 heterocycles. The van der Waals surface area contributed by atoms with Gasteiger partial charge in [-0.15, -0.1) is 0 Å². The quantitative estimate of drug-likeness (QED) is 0.280. The zero-order valence-corrected chi connectivity index (χ0v) is 19.5. The van der Waals surface area contributed by atoms with E-state index in [0.717, 1.165) is 33.5 Å². The van der Waals surface area contributed by atoms with E-state index in [9.17, 15) is 18.8 Å². The maximum Gasteiger partial charge on any atom is 0.335 e. The molecule has 1 fully saturated rings. The van der Waals surface area contributed by atoms with E-state index in [1.165, 1.54) is 18.2 Å². The van der Waals surface area contributed by atoms with Crippen LogP contribution in [0.1, 0.15) is 11.1 Å². The van der Waals surface area contributed by atoms with Gasteiger partial charge >= 0.3 is 6.03 Å². The van der Waals surface area contributed by atoms with Gasteiger partial charge in [0.25, 0.3) is 11.8 Å². The molecular weight excluding hydrogens is 492 g/mol. The molecule has 4 amide bonds. The van der Waals surface area contributed by atoms with Crippen molar-refractivity contribution in [1.29, 1.82) is 0 Å². The van der Waals surface area contributed by atoms with Crippen LogP contribution >= 0.6 is 23.2 Å². The Labute approximate surface area is 209 Å². The molecule has 0 radical (unpaired) electrons. The summed E-state index contributed by atoms with van der Waals surface area (Å²) in [5.74, 6) is -2.12. The summed E-state index contributed by atoms with van der Waals surface area (Å²) >= 11 is 12.2. The van der Waals surface area contributed by atoms with Gasteiger partial charge in [-0.1, -0.05) is 47.5 Å². The Bertz CT molecular complexity index is 1540. The Kier molecular flexibility index (Phi) is 5.88. The van der Waals surface area contributed by atoms with Crippen LogP contribution < -0.4 is 10.2 Å². The van der Waals surface area contributed by atoms with E-state index >= 15 is 0 Å². The van der Waals surface area contributed by atoms with Gasteiger partial charge in [0, 0.05) is 29.2 Å². The molecule has 174 valence electrons. The third-order valence-electron chi connectivity index (χ3n) is 5.64. The van der Waals surface area contributed by atoms with Crippen molar-refractivity contribution in [2.75, 3.05) is 4.90 Å². The van der Waals surface area contributed by atoms with Gasteiger partial charge in [-0.25, -0.2) is 14.1 Å². The molecule has 1 aromatic heterocycles. The van der Waals surface area contributed by atoms with Crippen LogP contribution in [0.2, 0.25) is 10.0 Å². The number of nitrogens with one attached hydrogen (secondary N) is 1. The molecule has 5 rings (SSSR count). The molecule has 1 aliphatic heterocycles. The van der Waals surface area contributed by atoms with Crippen LogP contribution in [0.25, 0.3) is 17.0 Å². The number of fused-ring (bicyclic) bond motifs is 1. The summed E-state index contributed by atoms with van der Waals surface area (Å²) in [6.45, 7) is 0.473. The van der Waals surface area contributed by atoms with Gasteiger partial charge in [0.05, 0.1) is 15.7 Å². The Balaban J connectivity index is 1.56. The average Bonchev–Trinajstić information content (AvgIpc) is 3.17. The van der Waals surface area contributed by atoms with Crippen LogP contribution in [0.4, 0.5) is 14.9 Å². The molecule has 1 aliphatic rings. The van der Waals surface area contributed by atoms with Gasteiger partial charge in [0.15, 0.2) is 0 Å². The first-order valence-corrected chi connectivity index (χ1v) is 11.3. The number of halogens is 3. The summed E-state index contributed by atoms with van der Waals surface area (Å²) in [6, 6.07) is 16.9. The summed E-state index contributed by atoms with van der Waals surface area (Å²) < 4.78 is 15.3. The van der Waals surface area contributed by atoms with Crippen molar-refractivity contribution in [2.45, 2.75) is 6.54 Å². The number of carbonyl (C=O) groups is 3. The fraction of sp³-hybridized carbons (Fsp3) is 0.0385. The number of barbiturate groups is 1. The molecule has 4 aromatic rings. The lowest BCUT2D eigenvalue weighted by molar-refractivity contribution is -0.122. The van der Waals surface area contributed by atoms with Crippen molar-refractivity contribution in [3.8, 4) is 0 Å². The number of hydrogen-bond acceptors (Lipinski definition) is 3. The monoisotopic (exact) mass is 507 g/mol.